The van der Waals surface area contributed by atoms with E-state index >= 15 is 0 Å². The van der Waals surface area contributed by atoms with Crippen molar-refractivity contribution in [3.05, 3.63) is 109 Å². The average Bonchev–Trinajstić information content (AvgIpc) is 4.07. The molecule has 5 aromatic rings. The summed E-state index contributed by atoms with van der Waals surface area (Å²) in [7, 11) is 0. The molecule has 48 heavy (non-hydrogen) atoms. The van der Waals surface area contributed by atoms with E-state index in [1.54, 1.807) is 12.1 Å². The molecular formula is C40H40N2O6. The summed E-state index contributed by atoms with van der Waals surface area (Å²) in [5.41, 5.74) is 4.36. The first-order valence-corrected chi connectivity index (χ1v) is 16.8. The van der Waals surface area contributed by atoms with Crippen LogP contribution in [-0.2, 0) is 9.47 Å². The summed E-state index contributed by atoms with van der Waals surface area (Å²) < 4.78 is 34.8. The first-order valence-electron chi connectivity index (χ1n) is 16.8. The van der Waals surface area contributed by atoms with Crippen molar-refractivity contribution in [2.45, 2.75) is 63.9 Å². The van der Waals surface area contributed by atoms with Crippen LogP contribution in [0.5, 0.6) is 34.8 Å². The Balaban J connectivity index is 0.859. The average molecular weight is 645 g/mol. The van der Waals surface area contributed by atoms with Gasteiger partial charge in [0.1, 0.15) is 23.0 Å². The van der Waals surface area contributed by atoms with Gasteiger partial charge in [-0.3, -0.25) is 0 Å². The van der Waals surface area contributed by atoms with Gasteiger partial charge in [-0.25, -0.2) is 0 Å². The van der Waals surface area contributed by atoms with Gasteiger partial charge in [-0.15, -0.1) is 10.2 Å². The largest absolute Gasteiger partial charge is 0.493 e. The van der Waals surface area contributed by atoms with E-state index in [0.717, 1.165) is 59.4 Å². The minimum atomic E-state index is 0.361. The second-order valence-corrected chi connectivity index (χ2v) is 12.0. The van der Waals surface area contributed by atoms with E-state index in [1.165, 1.54) is 0 Å². The van der Waals surface area contributed by atoms with E-state index in [4.69, 9.17) is 28.4 Å². The van der Waals surface area contributed by atoms with Gasteiger partial charge in [0.05, 0.1) is 37.6 Å². The highest BCUT2D eigenvalue weighted by molar-refractivity contribution is 5.66. The molecule has 3 heterocycles. The molecule has 8 heteroatoms. The monoisotopic (exact) mass is 644 g/mol. The zero-order valence-electron chi connectivity index (χ0n) is 27.3. The van der Waals surface area contributed by atoms with Crippen LogP contribution in [0, 0.1) is 0 Å². The SMILES string of the molecule is CCC1OC1CCOc1ccc(-c2ccc(Oc3ccc(Oc4ccc(-c5ccc(OCCC6OC6CC)cc5)cc4)nn3)cc2)cc1. The van der Waals surface area contributed by atoms with Crippen molar-refractivity contribution >= 4 is 0 Å². The minimum absolute atomic E-state index is 0.361. The molecule has 8 nitrogen and oxygen atoms in total. The Labute approximate surface area is 281 Å². The van der Waals surface area contributed by atoms with E-state index < -0.39 is 0 Å². The van der Waals surface area contributed by atoms with Crippen LogP contribution in [0.1, 0.15) is 39.5 Å². The lowest BCUT2D eigenvalue weighted by atomic mass is 10.1. The molecule has 0 N–H and O–H groups in total. The Hall–Kier alpha value is -4.92. The maximum atomic E-state index is 5.92. The molecule has 4 aromatic carbocycles. The lowest BCUT2D eigenvalue weighted by Crippen LogP contribution is -2.03. The van der Waals surface area contributed by atoms with E-state index in [0.29, 0.717) is 60.9 Å². The quantitative estimate of drug-likeness (QED) is 0.0983. The Morgan fingerprint density at radius 2 is 0.771 bits per heavy atom. The Kier molecular flexibility index (Phi) is 9.82. The number of hydrogen-bond donors (Lipinski definition) is 0. The number of rotatable bonds is 16. The van der Waals surface area contributed by atoms with Gasteiger partial charge in [-0.05, 0) is 83.6 Å². The van der Waals surface area contributed by atoms with Gasteiger partial charge in [0, 0.05) is 25.0 Å². The Bertz CT molecular complexity index is 1610. The number of aromatic nitrogens is 2. The second-order valence-electron chi connectivity index (χ2n) is 12.0. The fourth-order valence-corrected chi connectivity index (χ4v) is 5.75. The lowest BCUT2D eigenvalue weighted by molar-refractivity contribution is 0.280. The molecule has 0 aliphatic carbocycles. The van der Waals surface area contributed by atoms with Crippen molar-refractivity contribution in [2.24, 2.45) is 0 Å². The molecule has 246 valence electrons. The molecule has 4 unspecified atom stereocenters. The summed E-state index contributed by atoms with van der Waals surface area (Å²) in [5.74, 6) is 3.83. The Morgan fingerprint density at radius 1 is 0.438 bits per heavy atom. The van der Waals surface area contributed by atoms with Gasteiger partial charge >= 0.3 is 0 Å². The van der Waals surface area contributed by atoms with Gasteiger partial charge < -0.3 is 28.4 Å². The lowest BCUT2D eigenvalue weighted by Gasteiger charge is -2.09. The number of benzene rings is 4. The van der Waals surface area contributed by atoms with Crippen LogP contribution >= 0.6 is 0 Å². The molecule has 1 aromatic heterocycles. The smallest absolute Gasteiger partial charge is 0.239 e. The van der Waals surface area contributed by atoms with Crippen LogP contribution in [-0.4, -0.2) is 47.8 Å². The summed E-state index contributed by atoms with van der Waals surface area (Å²) in [6.07, 6.45) is 5.56. The molecule has 0 spiro atoms. The van der Waals surface area contributed by atoms with Gasteiger partial charge in [0.25, 0.3) is 0 Å². The fourth-order valence-electron chi connectivity index (χ4n) is 5.75. The number of hydrogen-bond acceptors (Lipinski definition) is 8. The third-order valence-electron chi connectivity index (χ3n) is 8.67. The summed E-state index contributed by atoms with van der Waals surface area (Å²) in [6.45, 7) is 5.63. The van der Waals surface area contributed by atoms with E-state index in [2.05, 4.69) is 48.3 Å². The molecule has 2 aliphatic rings. The molecule has 7 rings (SSSR count). The van der Waals surface area contributed by atoms with Gasteiger partial charge in [0.15, 0.2) is 0 Å². The first-order chi connectivity index (χ1) is 23.6. The van der Waals surface area contributed by atoms with Crippen molar-refractivity contribution in [1.82, 2.24) is 10.2 Å². The van der Waals surface area contributed by atoms with E-state index in [-0.39, 0.29) is 0 Å². The second kappa shape index (κ2) is 14.9. The predicted octanol–water partition coefficient (Wildman–Crippen LogP) is 9.29. The van der Waals surface area contributed by atoms with Gasteiger partial charge in [-0.1, -0.05) is 62.4 Å². The molecule has 0 bridgehead atoms. The van der Waals surface area contributed by atoms with E-state index in [1.807, 2.05) is 72.8 Å². The predicted molar refractivity (Wildman–Crippen MR) is 184 cm³/mol. The van der Waals surface area contributed by atoms with Crippen LogP contribution in [0.4, 0.5) is 0 Å². The third kappa shape index (κ3) is 8.32. The topological polar surface area (TPSA) is 87.8 Å². The van der Waals surface area contributed by atoms with Crippen LogP contribution in [0.2, 0.25) is 0 Å². The van der Waals surface area contributed by atoms with Crippen molar-refractivity contribution < 1.29 is 28.4 Å². The molecule has 2 fully saturated rings. The molecule has 2 aliphatic heterocycles. The zero-order valence-corrected chi connectivity index (χ0v) is 27.3. The number of ether oxygens (including phenoxy) is 6. The first kappa shape index (κ1) is 31.7. The molecule has 0 amide bonds. The van der Waals surface area contributed by atoms with Crippen molar-refractivity contribution in [3.63, 3.8) is 0 Å². The third-order valence-corrected chi connectivity index (χ3v) is 8.67. The summed E-state index contributed by atoms with van der Waals surface area (Å²) in [6, 6.07) is 35.5. The highest BCUT2D eigenvalue weighted by atomic mass is 16.6. The van der Waals surface area contributed by atoms with Crippen LogP contribution in [0.25, 0.3) is 22.3 Å². The molecule has 2 saturated heterocycles. The summed E-state index contributed by atoms with van der Waals surface area (Å²) in [4.78, 5) is 0. The standard InChI is InChI=1S/C40H40N2O6/c1-3-35-37(47-35)23-25-43-31-13-5-27(6-14-31)29-9-17-33(18-10-29)45-39-21-22-40(42-41-39)46-34-19-11-30(12-20-34)28-7-15-32(16-8-28)44-26-24-38-36(4-2)48-38/h5-22,35-38H,3-4,23-26H2,1-2H3. The number of nitrogens with zero attached hydrogens (tertiary/aromatic N) is 2. The van der Waals surface area contributed by atoms with Crippen molar-refractivity contribution in [2.75, 3.05) is 13.2 Å². The van der Waals surface area contributed by atoms with Crippen molar-refractivity contribution in [3.8, 4) is 57.0 Å². The zero-order chi connectivity index (χ0) is 32.7. The van der Waals surface area contributed by atoms with Crippen LogP contribution < -0.4 is 18.9 Å². The Morgan fingerprint density at radius 3 is 1.06 bits per heavy atom. The summed E-state index contributed by atoms with van der Waals surface area (Å²) >= 11 is 0. The minimum Gasteiger partial charge on any atom is -0.493 e. The van der Waals surface area contributed by atoms with Crippen LogP contribution in [0.3, 0.4) is 0 Å². The van der Waals surface area contributed by atoms with E-state index in [9.17, 15) is 0 Å². The highest BCUT2D eigenvalue weighted by Crippen LogP contribution is 2.31. The fraction of sp³-hybridized carbons (Fsp3) is 0.300. The molecule has 0 radical (unpaired) electrons. The van der Waals surface area contributed by atoms with Gasteiger partial charge in [-0.2, -0.15) is 0 Å². The maximum absolute atomic E-state index is 5.92. The van der Waals surface area contributed by atoms with Crippen LogP contribution in [0.15, 0.2) is 109 Å². The van der Waals surface area contributed by atoms with Crippen molar-refractivity contribution in [1.29, 1.82) is 0 Å². The summed E-state index contributed by atoms with van der Waals surface area (Å²) in [5, 5.41) is 8.37. The number of epoxide rings is 2. The highest BCUT2D eigenvalue weighted by Gasteiger charge is 2.37. The molecular weight excluding hydrogens is 604 g/mol. The maximum Gasteiger partial charge on any atom is 0.239 e. The molecule has 0 saturated carbocycles. The normalized spacial score (nSPS) is 19.4. The molecule has 4 atom stereocenters. The van der Waals surface area contributed by atoms with Gasteiger partial charge in [0.2, 0.25) is 11.8 Å².